The Morgan fingerprint density at radius 2 is 2.21 bits per heavy atom. The molecule has 0 aliphatic heterocycles. The molecule has 1 aliphatic carbocycles. The minimum atomic E-state index is 0. The molecule has 1 aliphatic rings. The Balaban J connectivity index is 0.00000180. The standard InChI is InChI=1S/C14H22N4.HI/c1-11-9-16-7-5-13(11)6-8-17-14(15-2)18-10-12-3-4-12;/h5,7,9,12H,3-4,6,8,10H2,1-2H3,(H2,15,17,18);1H. The summed E-state index contributed by atoms with van der Waals surface area (Å²) in [6.45, 7) is 4.05. The summed E-state index contributed by atoms with van der Waals surface area (Å²) in [6.07, 6.45) is 7.48. The maximum atomic E-state index is 4.22. The zero-order valence-corrected chi connectivity index (χ0v) is 14.0. The largest absolute Gasteiger partial charge is 0.356 e. The number of pyridine rings is 1. The second kappa shape index (κ2) is 8.35. The lowest BCUT2D eigenvalue weighted by Gasteiger charge is -2.12. The van der Waals surface area contributed by atoms with Crippen molar-refractivity contribution < 1.29 is 0 Å². The fraction of sp³-hybridized carbons (Fsp3) is 0.571. The first-order valence-electron chi connectivity index (χ1n) is 6.63. The highest BCUT2D eigenvalue weighted by Crippen LogP contribution is 2.27. The lowest BCUT2D eigenvalue weighted by atomic mass is 10.1. The lowest BCUT2D eigenvalue weighted by Crippen LogP contribution is -2.39. The summed E-state index contributed by atoms with van der Waals surface area (Å²) in [6, 6.07) is 2.08. The second-order valence-corrected chi connectivity index (χ2v) is 4.88. The summed E-state index contributed by atoms with van der Waals surface area (Å²) in [4.78, 5) is 8.33. The number of halogens is 1. The van der Waals surface area contributed by atoms with Gasteiger partial charge in [-0.2, -0.15) is 0 Å². The number of aryl methyl sites for hydroxylation is 1. The summed E-state index contributed by atoms with van der Waals surface area (Å²) in [5, 5.41) is 6.71. The molecule has 4 nitrogen and oxygen atoms in total. The number of guanidine groups is 1. The van der Waals surface area contributed by atoms with E-state index in [0.29, 0.717) is 0 Å². The second-order valence-electron chi connectivity index (χ2n) is 4.88. The van der Waals surface area contributed by atoms with E-state index in [4.69, 9.17) is 0 Å². The predicted molar refractivity (Wildman–Crippen MR) is 90.2 cm³/mol. The molecule has 0 radical (unpaired) electrons. The van der Waals surface area contributed by atoms with Crippen molar-refractivity contribution in [3.05, 3.63) is 29.6 Å². The summed E-state index contributed by atoms with van der Waals surface area (Å²) in [5.74, 6) is 1.78. The van der Waals surface area contributed by atoms with Gasteiger partial charge in [-0.3, -0.25) is 9.98 Å². The van der Waals surface area contributed by atoms with E-state index in [9.17, 15) is 0 Å². The van der Waals surface area contributed by atoms with Crippen LogP contribution in [0.15, 0.2) is 23.5 Å². The van der Waals surface area contributed by atoms with Crippen LogP contribution in [-0.2, 0) is 6.42 Å². The average molecular weight is 374 g/mol. The highest BCUT2D eigenvalue weighted by molar-refractivity contribution is 14.0. The minimum Gasteiger partial charge on any atom is -0.356 e. The van der Waals surface area contributed by atoms with Crippen LogP contribution in [0, 0.1) is 12.8 Å². The molecule has 0 saturated heterocycles. The van der Waals surface area contributed by atoms with Gasteiger partial charge in [-0.15, -0.1) is 24.0 Å². The topological polar surface area (TPSA) is 49.3 Å². The molecular weight excluding hydrogens is 351 g/mol. The number of hydrogen-bond donors (Lipinski definition) is 2. The van der Waals surface area contributed by atoms with Crippen molar-refractivity contribution in [3.8, 4) is 0 Å². The van der Waals surface area contributed by atoms with Gasteiger partial charge in [-0.05, 0) is 49.3 Å². The fourth-order valence-electron chi connectivity index (χ4n) is 1.88. The molecule has 0 amide bonds. The van der Waals surface area contributed by atoms with Gasteiger partial charge in [0.05, 0.1) is 0 Å². The number of aromatic nitrogens is 1. The molecule has 0 atom stereocenters. The molecular formula is C14H23IN4. The summed E-state index contributed by atoms with van der Waals surface area (Å²) < 4.78 is 0. The quantitative estimate of drug-likeness (QED) is 0.472. The van der Waals surface area contributed by atoms with Crippen LogP contribution in [0.5, 0.6) is 0 Å². The summed E-state index contributed by atoms with van der Waals surface area (Å²) >= 11 is 0. The Morgan fingerprint density at radius 3 is 2.84 bits per heavy atom. The van der Waals surface area contributed by atoms with E-state index in [0.717, 1.165) is 31.4 Å². The van der Waals surface area contributed by atoms with Gasteiger partial charge in [0, 0.05) is 32.5 Å². The van der Waals surface area contributed by atoms with Crippen LogP contribution < -0.4 is 10.6 Å². The number of nitrogens with one attached hydrogen (secondary N) is 2. The van der Waals surface area contributed by atoms with Gasteiger partial charge in [-0.1, -0.05) is 0 Å². The van der Waals surface area contributed by atoms with Crippen molar-refractivity contribution in [2.24, 2.45) is 10.9 Å². The van der Waals surface area contributed by atoms with Crippen molar-refractivity contribution in [2.75, 3.05) is 20.1 Å². The molecule has 0 spiro atoms. The highest BCUT2D eigenvalue weighted by atomic mass is 127. The van der Waals surface area contributed by atoms with E-state index in [2.05, 4.69) is 33.6 Å². The molecule has 2 N–H and O–H groups in total. The van der Waals surface area contributed by atoms with Crippen LogP contribution in [0.2, 0.25) is 0 Å². The average Bonchev–Trinajstić information content (AvgIpc) is 3.19. The maximum absolute atomic E-state index is 4.22. The smallest absolute Gasteiger partial charge is 0.190 e. The van der Waals surface area contributed by atoms with Crippen molar-refractivity contribution in [3.63, 3.8) is 0 Å². The number of rotatable bonds is 5. The Kier molecular flexibility index (Phi) is 7.12. The third kappa shape index (κ3) is 5.76. The highest BCUT2D eigenvalue weighted by Gasteiger charge is 2.20. The molecule has 1 aromatic rings. The van der Waals surface area contributed by atoms with Gasteiger partial charge >= 0.3 is 0 Å². The lowest BCUT2D eigenvalue weighted by molar-refractivity contribution is 0.734. The fourth-order valence-corrected chi connectivity index (χ4v) is 1.88. The summed E-state index contributed by atoms with van der Waals surface area (Å²) in [7, 11) is 1.82. The zero-order valence-electron chi connectivity index (χ0n) is 11.6. The maximum Gasteiger partial charge on any atom is 0.190 e. The first-order valence-corrected chi connectivity index (χ1v) is 6.63. The normalized spacial score (nSPS) is 14.7. The van der Waals surface area contributed by atoms with Gasteiger partial charge in [-0.25, -0.2) is 0 Å². The van der Waals surface area contributed by atoms with Crippen molar-refractivity contribution >= 4 is 29.9 Å². The Hall–Kier alpha value is -0.850. The van der Waals surface area contributed by atoms with Gasteiger partial charge in [0.2, 0.25) is 0 Å². The molecule has 0 bridgehead atoms. The SMILES string of the molecule is CN=C(NCCc1ccncc1C)NCC1CC1.I. The summed E-state index contributed by atoms with van der Waals surface area (Å²) in [5.41, 5.74) is 2.59. The van der Waals surface area contributed by atoms with Crippen LogP contribution in [-0.4, -0.2) is 31.1 Å². The molecule has 0 aromatic carbocycles. The van der Waals surface area contributed by atoms with E-state index in [-0.39, 0.29) is 24.0 Å². The van der Waals surface area contributed by atoms with E-state index < -0.39 is 0 Å². The molecule has 19 heavy (non-hydrogen) atoms. The van der Waals surface area contributed by atoms with E-state index >= 15 is 0 Å². The van der Waals surface area contributed by atoms with Gasteiger partial charge in [0.25, 0.3) is 0 Å². The van der Waals surface area contributed by atoms with E-state index in [1.807, 2.05) is 19.4 Å². The number of aliphatic imine (C=N–C) groups is 1. The first kappa shape index (κ1) is 16.2. The van der Waals surface area contributed by atoms with Crippen LogP contribution >= 0.6 is 24.0 Å². The van der Waals surface area contributed by atoms with Crippen LogP contribution in [0.25, 0.3) is 0 Å². The monoisotopic (exact) mass is 374 g/mol. The molecule has 5 heteroatoms. The van der Waals surface area contributed by atoms with E-state index in [1.54, 1.807) is 0 Å². The van der Waals surface area contributed by atoms with Crippen molar-refractivity contribution in [2.45, 2.75) is 26.2 Å². The van der Waals surface area contributed by atoms with Crippen molar-refractivity contribution in [1.82, 2.24) is 15.6 Å². The Bertz CT molecular complexity index is 416. The van der Waals surface area contributed by atoms with Gasteiger partial charge in [0.1, 0.15) is 0 Å². The van der Waals surface area contributed by atoms with E-state index in [1.165, 1.54) is 24.0 Å². The molecule has 1 fully saturated rings. The molecule has 1 saturated carbocycles. The zero-order chi connectivity index (χ0) is 12.8. The first-order chi connectivity index (χ1) is 8.79. The Labute approximate surface area is 132 Å². The van der Waals surface area contributed by atoms with Crippen molar-refractivity contribution in [1.29, 1.82) is 0 Å². The van der Waals surface area contributed by atoms with Gasteiger partial charge < -0.3 is 10.6 Å². The molecule has 106 valence electrons. The molecule has 1 heterocycles. The number of hydrogen-bond acceptors (Lipinski definition) is 2. The predicted octanol–water partition coefficient (Wildman–Crippen LogP) is 2.13. The molecule has 1 aromatic heterocycles. The van der Waals surface area contributed by atoms with Gasteiger partial charge in [0.15, 0.2) is 5.96 Å². The third-order valence-corrected chi connectivity index (χ3v) is 3.30. The van der Waals surface area contributed by atoms with Crippen LogP contribution in [0.1, 0.15) is 24.0 Å². The molecule has 2 rings (SSSR count). The molecule has 0 unspecified atom stereocenters. The third-order valence-electron chi connectivity index (χ3n) is 3.30. The van der Waals surface area contributed by atoms with Crippen LogP contribution in [0.4, 0.5) is 0 Å². The minimum absolute atomic E-state index is 0. The Morgan fingerprint density at radius 1 is 1.42 bits per heavy atom. The van der Waals surface area contributed by atoms with Crippen LogP contribution in [0.3, 0.4) is 0 Å². The number of nitrogens with zero attached hydrogens (tertiary/aromatic N) is 2.